The molecule has 142 valence electrons. The predicted molar refractivity (Wildman–Crippen MR) is 112 cm³/mol. The summed E-state index contributed by atoms with van der Waals surface area (Å²) in [5.41, 5.74) is 13.1. The quantitative estimate of drug-likeness (QED) is 0.511. The topological polar surface area (TPSA) is 92.0 Å². The van der Waals surface area contributed by atoms with Gasteiger partial charge in [-0.3, -0.25) is 10.3 Å². The van der Waals surface area contributed by atoms with Crippen LogP contribution in [0, 0.1) is 0 Å². The summed E-state index contributed by atoms with van der Waals surface area (Å²) in [7, 11) is 0. The summed E-state index contributed by atoms with van der Waals surface area (Å²) in [6.45, 7) is 3.32. The highest BCUT2D eigenvalue weighted by Gasteiger charge is 2.15. The molecule has 28 heavy (non-hydrogen) atoms. The number of aromatic nitrogens is 3. The van der Waals surface area contributed by atoms with E-state index < -0.39 is 0 Å². The third kappa shape index (κ3) is 2.90. The molecule has 0 atom stereocenters. The van der Waals surface area contributed by atoms with Crippen molar-refractivity contribution in [1.82, 2.24) is 19.5 Å². The van der Waals surface area contributed by atoms with Crippen LogP contribution in [-0.2, 0) is 6.54 Å². The molecule has 0 bridgehead atoms. The first-order valence-electron chi connectivity index (χ1n) is 9.56. The second kappa shape index (κ2) is 6.69. The Balaban J connectivity index is 1.51. The maximum Gasteiger partial charge on any atom is 0.345 e. The summed E-state index contributed by atoms with van der Waals surface area (Å²) in [4.78, 5) is 22.3. The van der Waals surface area contributed by atoms with Gasteiger partial charge in [0, 0.05) is 11.9 Å². The van der Waals surface area contributed by atoms with Crippen molar-refractivity contribution in [2.24, 2.45) is 0 Å². The molecular formula is C21H22N6O. The lowest BCUT2D eigenvalue weighted by molar-refractivity contribution is 0.331. The number of nitrogens with zero attached hydrogens (tertiary/aromatic N) is 3. The summed E-state index contributed by atoms with van der Waals surface area (Å²) in [6, 6.07) is 15.9. The minimum absolute atomic E-state index is 0.277. The molecule has 0 amide bonds. The second-order valence-corrected chi connectivity index (χ2v) is 7.30. The zero-order valence-corrected chi connectivity index (χ0v) is 15.5. The van der Waals surface area contributed by atoms with E-state index in [2.05, 4.69) is 32.4 Å². The van der Waals surface area contributed by atoms with Gasteiger partial charge < -0.3 is 10.7 Å². The molecule has 1 aliphatic heterocycles. The lowest BCUT2D eigenvalue weighted by atomic mass is 10.2. The Hall–Kier alpha value is -3.32. The van der Waals surface area contributed by atoms with Crippen LogP contribution in [0.25, 0.3) is 21.9 Å². The Labute approximate surface area is 161 Å². The number of aromatic amines is 1. The van der Waals surface area contributed by atoms with Gasteiger partial charge >= 0.3 is 5.69 Å². The maximum atomic E-state index is 12.6. The molecule has 4 N–H and O–H groups in total. The average Bonchev–Trinajstić information content (AvgIpc) is 3.32. The number of para-hydroxylation sites is 1. The third-order valence-electron chi connectivity index (χ3n) is 5.35. The predicted octanol–water partition coefficient (Wildman–Crippen LogP) is 2.93. The number of nitrogen functional groups attached to an aromatic ring is 1. The Morgan fingerprint density at radius 1 is 1.07 bits per heavy atom. The van der Waals surface area contributed by atoms with Gasteiger partial charge in [-0.05, 0) is 49.7 Å². The molecule has 1 fully saturated rings. The van der Waals surface area contributed by atoms with Gasteiger partial charge in [0.2, 0.25) is 0 Å². The number of nitrogens with two attached hydrogens (primary N) is 1. The number of nitrogens with one attached hydrogen (secondary N) is 2. The Morgan fingerprint density at radius 3 is 2.61 bits per heavy atom. The first-order valence-corrected chi connectivity index (χ1v) is 9.56. The maximum absolute atomic E-state index is 12.6. The standard InChI is InChI=1S/C21H22N6O/c22-20-18-19(16-5-1-2-6-17(16)23-20)27(21(28)24-18)25-15-9-7-14(8-10-15)13-26-11-3-4-12-26/h1-2,5-10,25H,3-4,11-13H2,(H2,22,23)(H,24,28). The van der Waals surface area contributed by atoms with E-state index in [0.29, 0.717) is 16.9 Å². The lowest BCUT2D eigenvalue weighted by Gasteiger charge is -2.15. The highest BCUT2D eigenvalue weighted by atomic mass is 16.2. The van der Waals surface area contributed by atoms with E-state index in [4.69, 9.17) is 5.73 Å². The van der Waals surface area contributed by atoms with Gasteiger partial charge in [-0.1, -0.05) is 30.3 Å². The number of benzene rings is 2. The van der Waals surface area contributed by atoms with Gasteiger partial charge in [-0.15, -0.1) is 0 Å². The number of likely N-dealkylation sites (tertiary alicyclic amines) is 1. The molecule has 3 heterocycles. The van der Waals surface area contributed by atoms with Gasteiger partial charge in [0.15, 0.2) is 0 Å². The van der Waals surface area contributed by atoms with Gasteiger partial charge in [0.25, 0.3) is 0 Å². The highest BCUT2D eigenvalue weighted by molar-refractivity contribution is 6.06. The summed E-state index contributed by atoms with van der Waals surface area (Å²) in [6.07, 6.45) is 2.57. The number of rotatable bonds is 4. The van der Waals surface area contributed by atoms with Gasteiger partial charge in [0.05, 0.1) is 11.2 Å². The minimum atomic E-state index is -0.277. The number of hydrogen-bond donors (Lipinski definition) is 3. The van der Waals surface area contributed by atoms with Gasteiger partial charge in [-0.25, -0.2) is 14.5 Å². The molecular weight excluding hydrogens is 352 g/mol. The van der Waals surface area contributed by atoms with E-state index in [-0.39, 0.29) is 5.69 Å². The molecule has 0 aliphatic carbocycles. The second-order valence-electron chi connectivity index (χ2n) is 7.30. The van der Waals surface area contributed by atoms with Crippen LogP contribution in [0.3, 0.4) is 0 Å². The SMILES string of the molecule is Nc1nc2ccccc2c2c1[nH]c(=O)n2Nc1ccc(CN2CCCC2)cc1. The first-order chi connectivity index (χ1) is 13.7. The molecule has 7 nitrogen and oxygen atoms in total. The summed E-state index contributed by atoms with van der Waals surface area (Å²) in [5, 5.41) is 0.864. The van der Waals surface area contributed by atoms with Gasteiger partial charge in [0.1, 0.15) is 16.9 Å². The van der Waals surface area contributed by atoms with Crippen LogP contribution >= 0.6 is 0 Å². The third-order valence-corrected chi connectivity index (χ3v) is 5.35. The van der Waals surface area contributed by atoms with Gasteiger partial charge in [-0.2, -0.15) is 0 Å². The van der Waals surface area contributed by atoms with Crippen molar-refractivity contribution in [3.8, 4) is 0 Å². The smallest absolute Gasteiger partial charge is 0.345 e. The molecule has 5 rings (SSSR count). The highest BCUT2D eigenvalue weighted by Crippen LogP contribution is 2.26. The van der Waals surface area contributed by atoms with E-state index in [0.717, 1.165) is 23.1 Å². The van der Waals surface area contributed by atoms with Crippen molar-refractivity contribution < 1.29 is 0 Å². The average molecular weight is 374 g/mol. The number of anilines is 2. The molecule has 0 spiro atoms. The first kappa shape index (κ1) is 16.8. The number of hydrogen-bond acceptors (Lipinski definition) is 5. The number of pyridine rings is 1. The molecule has 1 saturated heterocycles. The Morgan fingerprint density at radius 2 is 1.82 bits per heavy atom. The van der Waals surface area contributed by atoms with E-state index in [9.17, 15) is 4.79 Å². The number of H-pyrrole nitrogens is 1. The van der Waals surface area contributed by atoms with E-state index in [1.54, 1.807) is 0 Å². The molecule has 7 heteroatoms. The van der Waals surface area contributed by atoms with Crippen molar-refractivity contribution in [2.75, 3.05) is 24.2 Å². The summed E-state index contributed by atoms with van der Waals surface area (Å²) < 4.78 is 1.51. The fraction of sp³-hybridized carbons (Fsp3) is 0.238. The zero-order valence-electron chi connectivity index (χ0n) is 15.5. The van der Waals surface area contributed by atoms with E-state index in [1.165, 1.54) is 36.2 Å². The summed E-state index contributed by atoms with van der Waals surface area (Å²) >= 11 is 0. The summed E-state index contributed by atoms with van der Waals surface area (Å²) in [5.74, 6) is 0.312. The lowest BCUT2D eigenvalue weighted by Crippen LogP contribution is -2.23. The fourth-order valence-electron chi connectivity index (χ4n) is 3.95. The van der Waals surface area contributed by atoms with Crippen LogP contribution in [0.4, 0.5) is 11.5 Å². The van der Waals surface area contributed by atoms with Crippen LogP contribution in [-0.4, -0.2) is 32.6 Å². The largest absolute Gasteiger partial charge is 0.382 e. The molecule has 2 aromatic carbocycles. The van der Waals surface area contributed by atoms with Crippen molar-refractivity contribution in [1.29, 1.82) is 0 Å². The molecule has 0 radical (unpaired) electrons. The van der Waals surface area contributed by atoms with Crippen LogP contribution in [0.5, 0.6) is 0 Å². The number of imidazole rings is 1. The zero-order chi connectivity index (χ0) is 19.1. The molecule has 0 saturated carbocycles. The van der Waals surface area contributed by atoms with Crippen molar-refractivity contribution in [3.05, 3.63) is 64.6 Å². The van der Waals surface area contributed by atoms with Crippen molar-refractivity contribution in [3.63, 3.8) is 0 Å². The Bertz CT molecular complexity index is 1200. The van der Waals surface area contributed by atoms with E-state index in [1.807, 2.05) is 36.4 Å². The van der Waals surface area contributed by atoms with E-state index >= 15 is 0 Å². The van der Waals surface area contributed by atoms with Crippen molar-refractivity contribution >= 4 is 33.4 Å². The Kier molecular flexibility index (Phi) is 4.02. The molecule has 4 aromatic rings. The monoisotopic (exact) mass is 374 g/mol. The fourth-order valence-corrected chi connectivity index (χ4v) is 3.95. The van der Waals surface area contributed by atoms with Crippen molar-refractivity contribution in [2.45, 2.75) is 19.4 Å². The minimum Gasteiger partial charge on any atom is -0.382 e. The molecule has 1 aliphatic rings. The van der Waals surface area contributed by atoms with Crippen LogP contribution in [0.1, 0.15) is 18.4 Å². The van der Waals surface area contributed by atoms with Crippen LogP contribution in [0.2, 0.25) is 0 Å². The number of fused-ring (bicyclic) bond motifs is 3. The van der Waals surface area contributed by atoms with Crippen LogP contribution < -0.4 is 16.8 Å². The molecule has 2 aromatic heterocycles. The normalized spacial score (nSPS) is 14.9. The van der Waals surface area contributed by atoms with Crippen LogP contribution in [0.15, 0.2) is 53.3 Å². The molecule has 0 unspecified atom stereocenters.